The fraction of sp³-hybridized carbons (Fsp3) is 0.278. The molecule has 0 aliphatic carbocycles. The molecule has 0 fully saturated rings. The summed E-state index contributed by atoms with van der Waals surface area (Å²) < 4.78 is 45.8. The quantitative estimate of drug-likeness (QED) is 0.525. The minimum Gasteiger partial charge on any atom is -0.478 e. The Labute approximate surface area is 158 Å². The van der Waals surface area contributed by atoms with E-state index in [0.29, 0.717) is 23.9 Å². The van der Waals surface area contributed by atoms with Crippen molar-refractivity contribution in [1.29, 1.82) is 0 Å². The largest absolute Gasteiger partial charge is 0.478 e. The zero-order chi connectivity index (χ0) is 20.9. The first-order valence-corrected chi connectivity index (χ1v) is 8.17. The van der Waals surface area contributed by atoms with Crippen molar-refractivity contribution in [2.45, 2.75) is 25.6 Å². The molecule has 150 valence electrons. The molecule has 2 N–H and O–H groups in total. The summed E-state index contributed by atoms with van der Waals surface area (Å²) in [4.78, 5) is 23.2. The molecule has 1 aromatic carbocycles. The molecule has 1 unspecified atom stereocenters. The first-order chi connectivity index (χ1) is 13.1. The number of halogens is 3. The monoisotopic (exact) mass is 397 g/mol. The van der Waals surface area contributed by atoms with Crippen LogP contribution < -0.4 is 5.32 Å². The number of amides is 1. The zero-order valence-corrected chi connectivity index (χ0v) is 14.9. The molecule has 28 heavy (non-hydrogen) atoms. The molecular formula is C18H18F3N3O4. The Kier molecular flexibility index (Phi) is 6.57. The van der Waals surface area contributed by atoms with Crippen LogP contribution in [0.2, 0.25) is 0 Å². The molecule has 1 heterocycles. The maximum Gasteiger partial charge on any atom is 0.434 e. The Hall–Kier alpha value is -3.14. The van der Waals surface area contributed by atoms with Crippen LogP contribution in [-0.2, 0) is 15.7 Å². The lowest BCUT2D eigenvalue weighted by Crippen LogP contribution is -2.28. The van der Waals surface area contributed by atoms with E-state index in [2.05, 4.69) is 17.0 Å². The molecule has 1 atom stereocenters. The van der Waals surface area contributed by atoms with E-state index in [1.54, 1.807) is 6.08 Å². The van der Waals surface area contributed by atoms with Gasteiger partial charge in [0, 0.05) is 5.69 Å². The third-order valence-electron chi connectivity index (χ3n) is 3.69. The summed E-state index contributed by atoms with van der Waals surface area (Å²) in [6.45, 7) is 5.38. The molecule has 10 heteroatoms. The number of carbonyl (C=O) groups is 2. The van der Waals surface area contributed by atoms with Crippen molar-refractivity contribution in [2.24, 2.45) is 0 Å². The van der Waals surface area contributed by atoms with Gasteiger partial charge in [0.1, 0.15) is 11.7 Å². The lowest BCUT2D eigenvalue weighted by atomic mass is 10.2. The minimum absolute atomic E-state index is 0.0575. The fourth-order valence-electron chi connectivity index (χ4n) is 2.34. The third kappa shape index (κ3) is 4.97. The Bertz CT molecular complexity index is 877. The molecule has 1 amide bonds. The second kappa shape index (κ2) is 8.70. The molecule has 0 saturated carbocycles. The van der Waals surface area contributed by atoms with E-state index in [4.69, 9.17) is 9.84 Å². The van der Waals surface area contributed by atoms with Gasteiger partial charge in [0.25, 0.3) is 5.91 Å². The van der Waals surface area contributed by atoms with Crippen molar-refractivity contribution >= 4 is 17.6 Å². The van der Waals surface area contributed by atoms with Crippen molar-refractivity contribution in [1.82, 2.24) is 9.78 Å². The number of carboxylic acid groups (broad SMARTS) is 1. The van der Waals surface area contributed by atoms with Gasteiger partial charge in [-0.05, 0) is 31.5 Å². The molecule has 0 saturated heterocycles. The van der Waals surface area contributed by atoms with Gasteiger partial charge in [0.05, 0.1) is 18.5 Å². The summed E-state index contributed by atoms with van der Waals surface area (Å²) in [5.74, 6) is -2.22. The molecule has 0 aliphatic rings. The zero-order valence-electron chi connectivity index (χ0n) is 14.9. The highest BCUT2D eigenvalue weighted by Crippen LogP contribution is 2.34. The third-order valence-corrected chi connectivity index (χ3v) is 3.69. The van der Waals surface area contributed by atoms with Crippen LogP contribution in [0.5, 0.6) is 0 Å². The topological polar surface area (TPSA) is 93.5 Å². The summed E-state index contributed by atoms with van der Waals surface area (Å²) in [6.07, 6.45) is -2.87. The number of aromatic carboxylic acids is 1. The molecule has 2 aromatic rings. The number of rotatable bonds is 8. The number of nitrogens with zero attached hydrogens (tertiary/aromatic N) is 2. The second-order valence-electron chi connectivity index (χ2n) is 5.75. The highest BCUT2D eigenvalue weighted by molar-refractivity contribution is 5.94. The Morgan fingerprint density at radius 1 is 1.43 bits per heavy atom. The first kappa shape index (κ1) is 21.2. The van der Waals surface area contributed by atoms with Gasteiger partial charge in [-0.25, -0.2) is 9.48 Å². The van der Waals surface area contributed by atoms with Gasteiger partial charge in [-0.1, -0.05) is 12.1 Å². The van der Waals surface area contributed by atoms with Crippen molar-refractivity contribution in [2.75, 3.05) is 11.9 Å². The lowest BCUT2D eigenvalue weighted by molar-refractivity contribution is -0.143. The van der Waals surface area contributed by atoms with Crippen molar-refractivity contribution in [3.05, 3.63) is 54.4 Å². The van der Waals surface area contributed by atoms with Crippen LogP contribution in [0.4, 0.5) is 18.9 Å². The van der Waals surface area contributed by atoms with Gasteiger partial charge < -0.3 is 15.2 Å². The number of aromatic nitrogens is 2. The van der Waals surface area contributed by atoms with Crippen molar-refractivity contribution in [3.63, 3.8) is 0 Å². The van der Waals surface area contributed by atoms with E-state index in [1.165, 1.54) is 31.2 Å². The van der Waals surface area contributed by atoms with Gasteiger partial charge in [0.2, 0.25) is 0 Å². The van der Waals surface area contributed by atoms with Crippen molar-refractivity contribution in [3.8, 4) is 5.69 Å². The molecule has 0 radical (unpaired) electrons. The number of anilines is 1. The Balaban J connectivity index is 2.28. The first-order valence-electron chi connectivity index (χ1n) is 8.17. The number of carbonyl (C=O) groups excluding carboxylic acids is 1. The predicted octanol–water partition coefficient (Wildman–Crippen LogP) is 3.51. The summed E-state index contributed by atoms with van der Waals surface area (Å²) in [7, 11) is 0. The number of benzene rings is 1. The summed E-state index contributed by atoms with van der Waals surface area (Å²) in [5.41, 5.74) is -2.23. The molecule has 0 aliphatic heterocycles. The maximum atomic E-state index is 13.3. The molecule has 0 bridgehead atoms. The Morgan fingerprint density at radius 2 is 2.14 bits per heavy atom. The van der Waals surface area contributed by atoms with Crippen LogP contribution in [0.3, 0.4) is 0 Å². The highest BCUT2D eigenvalue weighted by Gasteiger charge is 2.40. The maximum absolute atomic E-state index is 13.3. The number of hydrogen-bond acceptors (Lipinski definition) is 4. The highest BCUT2D eigenvalue weighted by atomic mass is 19.4. The normalized spacial score (nSPS) is 12.4. The molecule has 1 aromatic heterocycles. The standard InChI is InChI=1S/C18H18F3N3O4/c1-3-4-8-28-11(2)16(25)23-12-6-5-7-13(9-12)24-15(18(19,20)21)14(10-22-24)17(26)27/h3,5-7,9-11H,1,4,8H2,2H3,(H,23,25)(H,26,27). The lowest BCUT2D eigenvalue weighted by Gasteiger charge is -2.15. The molecule has 0 spiro atoms. The number of alkyl halides is 3. The van der Waals surface area contributed by atoms with Crippen molar-refractivity contribution < 1.29 is 32.6 Å². The van der Waals surface area contributed by atoms with Crippen LogP contribution in [0.15, 0.2) is 43.1 Å². The SMILES string of the molecule is C=CCCOC(C)C(=O)Nc1cccc(-n2ncc(C(=O)O)c2C(F)(F)F)c1. The fourth-order valence-corrected chi connectivity index (χ4v) is 2.34. The number of nitrogens with one attached hydrogen (secondary N) is 1. The van der Waals surface area contributed by atoms with Gasteiger partial charge in [0.15, 0.2) is 5.69 Å². The van der Waals surface area contributed by atoms with E-state index in [9.17, 15) is 22.8 Å². The summed E-state index contributed by atoms with van der Waals surface area (Å²) >= 11 is 0. The minimum atomic E-state index is -4.93. The average Bonchev–Trinajstić information content (AvgIpc) is 3.08. The van der Waals surface area contributed by atoms with Crippen LogP contribution in [0.1, 0.15) is 29.4 Å². The average molecular weight is 397 g/mol. The summed E-state index contributed by atoms with van der Waals surface area (Å²) in [6, 6.07) is 5.46. The second-order valence-corrected chi connectivity index (χ2v) is 5.75. The predicted molar refractivity (Wildman–Crippen MR) is 94.4 cm³/mol. The van der Waals surface area contributed by atoms with E-state index >= 15 is 0 Å². The van der Waals surface area contributed by atoms with Gasteiger partial charge in [-0.3, -0.25) is 4.79 Å². The number of ether oxygens (including phenoxy) is 1. The molecular weight excluding hydrogens is 379 g/mol. The van der Waals surface area contributed by atoms with E-state index in [0.717, 1.165) is 0 Å². The molecule has 7 nitrogen and oxygen atoms in total. The van der Waals surface area contributed by atoms with Crippen LogP contribution in [0.25, 0.3) is 5.69 Å². The summed E-state index contributed by atoms with van der Waals surface area (Å²) in [5, 5.41) is 15.1. The molecule has 2 rings (SSSR count). The van der Waals surface area contributed by atoms with Crippen LogP contribution in [0, 0.1) is 0 Å². The Morgan fingerprint density at radius 3 is 2.75 bits per heavy atom. The van der Waals surface area contributed by atoms with Crippen LogP contribution >= 0.6 is 0 Å². The van der Waals surface area contributed by atoms with E-state index in [-0.39, 0.29) is 11.4 Å². The van der Waals surface area contributed by atoms with E-state index in [1.807, 2.05) is 0 Å². The van der Waals surface area contributed by atoms with Gasteiger partial charge in [-0.15, -0.1) is 6.58 Å². The van der Waals surface area contributed by atoms with Gasteiger partial charge in [-0.2, -0.15) is 18.3 Å². The van der Waals surface area contributed by atoms with Gasteiger partial charge >= 0.3 is 12.1 Å². The number of hydrogen-bond donors (Lipinski definition) is 2. The van der Waals surface area contributed by atoms with E-state index < -0.39 is 35.4 Å². The smallest absolute Gasteiger partial charge is 0.434 e. The van der Waals surface area contributed by atoms with Crippen LogP contribution in [-0.4, -0.2) is 39.5 Å². The number of carboxylic acids is 1.